The zero-order valence-electron chi connectivity index (χ0n) is 9.64. The van der Waals surface area contributed by atoms with Crippen LogP contribution >= 0.6 is 0 Å². The number of hydrogen-bond donors (Lipinski definition) is 2. The largest absolute Gasteiger partial charge is 0.368 e. The van der Waals surface area contributed by atoms with Crippen molar-refractivity contribution in [3.63, 3.8) is 0 Å². The second-order valence-corrected chi connectivity index (χ2v) is 5.31. The van der Waals surface area contributed by atoms with Crippen LogP contribution in [0.4, 0.5) is 24.8 Å². The van der Waals surface area contributed by atoms with Gasteiger partial charge in [0, 0.05) is 12.1 Å². The van der Waals surface area contributed by atoms with E-state index in [0.29, 0.717) is 12.1 Å². The second kappa shape index (κ2) is 4.96. The van der Waals surface area contributed by atoms with E-state index in [4.69, 9.17) is 5.73 Å². The fourth-order valence-corrected chi connectivity index (χ4v) is 2.26. The monoisotopic (exact) mass is 304 g/mol. The lowest BCUT2D eigenvalue weighted by Gasteiger charge is -2.09. The minimum atomic E-state index is -4.32. The van der Waals surface area contributed by atoms with E-state index in [2.05, 4.69) is 9.97 Å². The van der Waals surface area contributed by atoms with Gasteiger partial charge in [0.1, 0.15) is 16.4 Å². The van der Waals surface area contributed by atoms with Crippen LogP contribution in [-0.2, 0) is 10.0 Å². The Balaban J connectivity index is 2.41. The summed E-state index contributed by atoms with van der Waals surface area (Å²) in [5.41, 5.74) is 4.19. The summed E-state index contributed by atoms with van der Waals surface area (Å²) in [5.74, 6) is -4.10. The molecule has 1 aromatic heterocycles. The predicted molar refractivity (Wildman–Crippen MR) is 63.6 cm³/mol. The smallest absolute Gasteiger partial charge is 0.265 e. The van der Waals surface area contributed by atoms with Crippen LogP contribution in [0.1, 0.15) is 0 Å². The summed E-state index contributed by atoms with van der Waals surface area (Å²) in [5, 5.41) is 0. The molecule has 0 saturated heterocycles. The number of anilines is 2. The maximum absolute atomic E-state index is 13.4. The van der Waals surface area contributed by atoms with Gasteiger partial charge in [-0.25, -0.2) is 31.6 Å². The highest BCUT2D eigenvalue weighted by molar-refractivity contribution is 7.92. The van der Waals surface area contributed by atoms with Gasteiger partial charge in [0.25, 0.3) is 10.0 Å². The number of aromatic nitrogens is 2. The number of hydrogen-bond acceptors (Lipinski definition) is 5. The molecule has 0 aliphatic heterocycles. The van der Waals surface area contributed by atoms with Crippen molar-refractivity contribution < 1.29 is 21.6 Å². The molecule has 0 saturated carbocycles. The molecule has 0 radical (unpaired) electrons. The average molecular weight is 304 g/mol. The lowest BCUT2D eigenvalue weighted by molar-refractivity contribution is 0.547. The average Bonchev–Trinajstić information content (AvgIpc) is 2.34. The Morgan fingerprint density at radius 2 is 1.55 bits per heavy atom. The van der Waals surface area contributed by atoms with Crippen molar-refractivity contribution >= 4 is 21.7 Å². The van der Waals surface area contributed by atoms with Crippen LogP contribution in [0.25, 0.3) is 0 Å². The summed E-state index contributed by atoms with van der Waals surface area (Å²) in [6, 6.07) is 0.695. The lowest BCUT2D eigenvalue weighted by atomic mass is 10.3. The van der Waals surface area contributed by atoms with Gasteiger partial charge in [-0.1, -0.05) is 0 Å². The van der Waals surface area contributed by atoms with Crippen LogP contribution in [-0.4, -0.2) is 18.4 Å². The van der Waals surface area contributed by atoms with Gasteiger partial charge in [0.05, 0.1) is 12.4 Å². The second-order valence-electron chi connectivity index (χ2n) is 3.63. The number of rotatable bonds is 3. The third-order valence-corrected chi connectivity index (χ3v) is 3.51. The Hall–Kier alpha value is -2.36. The summed E-state index contributed by atoms with van der Waals surface area (Å²) in [7, 11) is -4.32. The summed E-state index contributed by atoms with van der Waals surface area (Å²) >= 11 is 0. The molecule has 0 unspecified atom stereocenters. The first-order chi connectivity index (χ1) is 9.29. The first kappa shape index (κ1) is 14.1. The molecule has 0 spiro atoms. The zero-order valence-corrected chi connectivity index (χ0v) is 10.5. The quantitative estimate of drug-likeness (QED) is 0.890. The van der Waals surface area contributed by atoms with Gasteiger partial charge in [-0.05, 0) is 0 Å². The lowest BCUT2D eigenvalue weighted by Crippen LogP contribution is -2.16. The Morgan fingerprint density at radius 3 is 2.05 bits per heavy atom. The highest BCUT2D eigenvalue weighted by Crippen LogP contribution is 2.23. The number of benzene rings is 1. The van der Waals surface area contributed by atoms with Crippen LogP contribution in [0.2, 0.25) is 0 Å². The van der Waals surface area contributed by atoms with Gasteiger partial charge >= 0.3 is 0 Å². The van der Waals surface area contributed by atoms with Gasteiger partial charge in [-0.15, -0.1) is 0 Å². The molecule has 1 aromatic carbocycles. The van der Waals surface area contributed by atoms with Crippen molar-refractivity contribution in [2.75, 3.05) is 10.5 Å². The first-order valence-electron chi connectivity index (χ1n) is 5.04. The van der Waals surface area contributed by atoms with E-state index < -0.39 is 38.1 Å². The molecule has 106 valence electrons. The zero-order chi connectivity index (χ0) is 14.9. The van der Waals surface area contributed by atoms with Crippen LogP contribution in [0.15, 0.2) is 29.4 Å². The van der Waals surface area contributed by atoms with E-state index >= 15 is 0 Å². The number of nitrogen functional groups attached to an aromatic ring is 1. The molecule has 0 aliphatic carbocycles. The summed E-state index contributed by atoms with van der Waals surface area (Å²) in [6.45, 7) is 0. The highest BCUT2D eigenvalue weighted by Gasteiger charge is 2.20. The van der Waals surface area contributed by atoms with E-state index in [0.717, 1.165) is 12.4 Å². The molecule has 0 atom stereocenters. The number of halogens is 3. The summed E-state index contributed by atoms with van der Waals surface area (Å²) in [6.07, 6.45) is 1.73. The molecule has 2 aromatic rings. The van der Waals surface area contributed by atoms with E-state index in [1.807, 2.05) is 0 Å². The maximum Gasteiger partial charge on any atom is 0.265 e. The Labute approximate surface area is 111 Å². The Bertz CT molecular complexity index is 727. The molecule has 0 aliphatic rings. The standard InChI is InChI=1S/C10H7F3N4O2S/c11-5-1-7(12)9(8(13)2-5)17-20(18,19)6-3-15-10(14)16-4-6/h1-4,17H,(H2,14,15,16). The molecule has 3 N–H and O–H groups in total. The van der Waals surface area contributed by atoms with E-state index in [9.17, 15) is 21.6 Å². The van der Waals surface area contributed by atoms with E-state index in [-0.39, 0.29) is 5.95 Å². The van der Waals surface area contributed by atoms with Crippen molar-refractivity contribution in [2.45, 2.75) is 4.90 Å². The molecular formula is C10H7F3N4O2S. The number of sulfonamides is 1. The normalized spacial score (nSPS) is 11.3. The van der Waals surface area contributed by atoms with Gasteiger partial charge < -0.3 is 5.73 Å². The Morgan fingerprint density at radius 1 is 1.05 bits per heavy atom. The number of nitrogens with zero attached hydrogens (tertiary/aromatic N) is 2. The molecule has 0 bridgehead atoms. The van der Waals surface area contributed by atoms with Crippen molar-refractivity contribution in [3.05, 3.63) is 42.0 Å². The third-order valence-electron chi connectivity index (χ3n) is 2.20. The molecule has 1 heterocycles. The molecular weight excluding hydrogens is 297 g/mol. The minimum absolute atomic E-state index is 0.164. The van der Waals surface area contributed by atoms with Crippen LogP contribution in [0, 0.1) is 17.5 Å². The van der Waals surface area contributed by atoms with Crippen LogP contribution < -0.4 is 10.5 Å². The minimum Gasteiger partial charge on any atom is -0.368 e. The SMILES string of the molecule is Nc1ncc(S(=O)(=O)Nc2c(F)cc(F)cc2F)cn1. The predicted octanol–water partition coefficient (Wildman–Crippen LogP) is 1.28. The fraction of sp³-hybridized carbons (Fsp3) is 0. The van der Waals surface area contributed by atoms with Gasteiger partial charge in [0.15, 0.2) is 11.6 Å². The van der Waals surface area contributed by atoms with Crippen molar-refractivity contribution in [1.29, 1.82) is 0 Å². The fourth-order valence-electron chi connectivity index (χ4n) is 1.30. The molecule has 0 fully saturated rings. The van der Waals surface area contributed by atoms with E-state index in [1.165, 1.54) is 0 Å². The number of nitrogens with two attached hydrogens (primary N) is 1. The third kappa shape index (κ3) is 2.79. The number of nitrogens with one attached hydrogen (secondary N) is 1. The van der Waals surface area contributed by atoms with Crippen molar-refractivity contribution in [3.8, 4) is 0 Å². The molecule has 10 heteroatoms. The maximum atomic E-state index is 13.4. The van der Waals surface area contributed by atoms with Gasteiger partial charge in [-0.3, -0.25) is 4.72 Å². The van der Waals surface area contributed by atoms with E-state index in [1.54, 1.807) is 4.72 Å². The highest BCUT2D eigenvalue weighted by atomic mass is 32.2. The molecule has 6 nitrogen and oxygen atoms in total. The van der Waals surface area contributed by atoms with Gasteiger partial charge in [0.2, 0.25) is 5.95 Å². The first-order valence-corrected chi connectivity index (χ1v) is 6.53. The van der Waals surface area contributed by atoms with Crippen molar-refractivity contribution in [1.82, 2.24) is 9.97 Å². The topological polar surface area (TPSA) is 98.0 Å². The van der Waals surface area contributed by atoms with Crippen LogP contribution in [0.5, 0.6) is 0 Å². The Kier molecular flexibility index (Phi) is 3.49. The van der Waals surface area contributed by atoms with Gasteiger partial charge in [-0.2, -0.15) is 0 Å². The van der Waals surface area contributed by atoms with Crippen molar-refractivity contribution in [2.24, 2.45) is 0 Å². The molecule has 20 heavy (non-hydrogen) atoms. The summed E-state index contributed by atoms with van der Waals surface area (Å²) < 4.78 is 64.8. The molecule has 2 rings (SSSR count). The molecule has 0 amide bonds. The summed E-state index contributed by atoms with van der Waals surface area (Å²) in [4.78, 5) is 6.44. The van der Waals surface area contributed by atoms with Crippen LogP contribution in [0.3, 0.4) is 0 Å².